The van der Waals surface area contributed by atoms with Crippen molar-refractivity contribution in [1.29, 1.82) is 0 Å². The molecular weight excluding hydrogens is 322 g/mol. The van der Waals surface area contributed by atoms with Gasteiger partial charge in [-0.05, 0) is 33.1 Å². The smallest absolute Gasteiger partial charge is 0.241 e. The van der Waals surface area contributed by atoms with Crippen LogP contribution in [0.2, 0.25) is 0 Å². The van der Waals surface area contributed by atoms with Crippen molar-refractivity contribution in [3.8, 4) is 0 Å². The summed E-state index contributed by atoms with van der Waals surface area (Å²) in [7, 11) is 1.02. The molecule has 8 heteroatoms. The van der Waals surface area contributed by atoms with Crippen LogP contribution >= 0.6 is 11.3 Å². The molecule has 0 unspecified atom stereocenters. The molecule has 22 heavy (non-hydrogen) atoms. The van der Waals surface area contributed by atoms with Crippen LogP contribution in [0, 0.1) is 6.92 Å². The van der Waals surface area contributed by atoms with Gasteiger partial charge < -0.3 is 4.90 Å². The zero-order valence-electron chi connectivity index (χ0n) is 13.7. The number of carbonyl (C=O) groups is 1. The van der Waals surface area contributed by atoms with Gasteiger partial charge >= 0.3 is 0 Å². The predicted octanol–water partition coefficient (Wildman–Crippen LogP) is 1.57. The van der Waals surface area contributed by atoms with E-state index >= 15 is 0 Å². The summed E-state index contributed by atoms with van der Waals surface area (Å²) >= 11 is 1.56. The number of rotatable bonds is 4. The molecule has 1 aliphatic rings. The van der Waals surface area contributed by atoms with E-state index < -0.39 is 21.2 Å². The van der Waals surface area contributed by atoms with Crippen LogP contribution in [0.3, 0.4) is 0 Å². The lowest BCUT2D eigenvalue weighted by Gasteiger charge is -2.32. The number of thiazole rings is 1. The van der Waals surface area contributed by atoms with Crippen molar-refractivity contribution in [3.05, 3.63) is 15.6 Å². The molecule has 0 aliphatic heterocycles. The van der Waals surface area contributed by atoms with E-state index in [4.69, 9.17) is 0 Å². The monoisotopic (exact) mass is 345 g/mol. The van der Waals surface area contributed by atoms with E-state index in [-0.39, 0.29) is 6.04 Å². The molecule has 1 heterocycles. The first-order valence-corrected chi connectivity index (χ1v) is 9.62. The number of hydrogen-bond donors (Lipinski definition) is 0. The lowest BCUT2D eigenvalue weighted by atomic mass is 9.98. The molecular formula is C14H23N3O3S2. The number of hydrogen-bond acceptors (Lipinski definition) is 5. The topological polar surface area (TPSA) is 70.6 Å². The van der Waals surface area contributed by atoms with Crippen LogP contribution in [-0.4, -0.2) is 54.9 Å². The van der Waals surface area contributed by atoms with E-state index in [1.54, 1.807) is 32.5 Å². The summed E-state index contributed by atoms with van der Waals surface area (Å²) in [6, 6.07) is -0.211. The third-order valence-corrected chi connectivity index (χ3v) is 7.37. The van der Waals surface area contributed by atoms with Gasteiger partial charge in [0.05, 0.1) is 16.7 Å². The lowest BCUT2D eigenvalue weighted by molar-refractivity contribution is -0.128. The molecule has 0 spiro atoms. The van der Waals surface area contributed by atoms with Crippen molar-refractivity contribution in [2.45, 2.75) is 44.4 Å². The Morgan fingerprint density at radius 2 is 2.00 bits per heavy atom. The average molecular weight is 345 g/mol. The molecule has 124 valence electrons. The van der Waals surface area contributed by atoms with E-state index in [2.05, 4.69) is 4.98 Å². The number of aryl methyl sites for hydroxylation is 2. The van der Waals surface area contributed by atoms with Gasteiger partial charge in [0.1, 0.15) is 0 Å². The van der Waals surface area contributed by atoms with Gasteiger partial charge in [0.2, 0.25) is 15.9 Å². The summed E-state index contributed by atoms with van der Waals surface area (Å²) in [4.78, 5) is 18.9. The number of sulfonamides is 1. The second kappa shape index (κ2) is 6.25. The van der Waals surface area contributed by atoms with Crippen LogP contribution in [0.25, 0.3) is 0 Å². The van der Waals surface area contributed by atoms with Gasteiger partial charge in [-0.1, -0.05) is 0 Å². The van der Waals surface area contributed by atoms with Gasteiger partial charge in [-0.3, -0.25) is 4.79 Å². The minimum Gasteiger partial charge on any atom is -0.348 e. The van der Waals surface area contributed by atoms with Gasteiger partial charge in [0.25, 0.3) is 0 Å². The Morgan fingerprint density at radius 1 is 1.36 bits per heavy atom. The standard InChI is InChI=1S/C14H23N3O3S2/c1-9(14(18)16(3)4)22(19,20)17(5)12-8-6-7-11-13(12)21-10(2)15-11/h9,12H,6-8H2,1-5H3/t9-,12+/m0/s1. The lowest BCUT2D eigenvalue weighted by Crippen LogP contribution is -2.45. The highest BCUT2D eigenvalue weighted by molar-refractivity contribution is 7.90. The quantitative estimate of drug-likeness (QED) is 0.830. The summed E-state index contributed by atoms with van der Waals surface area (Å²) in [5.41, 5.74) is 1.01. The zero-order chi connectivity index (χ0) is 16.7. The van der Waals surface area contributed by atoms with Gasteiger partial charge in [-0.15, -0.1) is 11.3 Å². The van der Waals surface area contributed by atoms with Crippen molar-refractivity contribution >= 4 is 27.3 Å². The highest BCUT2D eigenvalue weighted by Gasteiger charge is 2.39. The number of nitrogens with zero attached hydrogens (tertiary/aromatic N) is 3. The Hall–Kier alpha value is -0.990. The highest BCUT2D eigenvalue weighted by Crippen LogP contribution is 2.39. The molecule has 0 aromatic carbocycles. The van der Waals surface area contributed by atoms with Crippen LogP contribution < -0.4 is 0 Å². The Kier molecular flexibility index (Phi) is 4.93. The summed E-state index contributed by atoms with van der Waals surface area (Å²) < 4.78 is 26.9. The second-order valence-electron chi connectivity index (χ2n) is 5.89. The third-order valence-electron chi connectivity index (χ3n) is 4.10. The van der Waals surface area contributed by atoms with Crippen LogP contribution in [0.5, 0.6) is 0 Å². The maximum atomic E-state index is 12.8. The summed E-state index contributed by atoms with van der Waals surface area (Å²) in [5, 5.41) is -0.119. The van der Waals surface area contributed by atoms with E-state index in [0.29, 0.717) is 0 Å². The SMILES string of the molecule is Cc1nc2c(s1)[C@H](N(C)S(=O)(=O)[C@@H](C)C(=O)N(C)C)CCC2. The van der Waals surface area contributed by atoms with E-state index in [1.807, 2.05) is 6.92 Å². The summed E-state index contributed by atoms with van der Waals surface area (Å²) in [5.74, 6) is -0.400. The molecule has 2 rings (SSSR count). The molecule has 0 N–H and O–H groups in total. The van der Waals surface area contributed by atoms with E-state index in [9.17, 15) is 13.2 Å². The van der Waals surface area contributed by atoms with E-state index in [0.717, 1.165) is 34.8 Å². The van der Waals surface area contributed by atoms with Crippen molar-refractivity contribution in [3.63, 3.8) is 0 Å². The fourth-order valence-corrected chi connectivity index (χ4v) is 5.53. The van der Waals surface area contributed by atoms with Crippen LogP contribution in [0.1, 0.15) is 41.4 Å². The molecule has 0 saturated heterocycles. The molecule has 0 saturated carbocycles. The van der Waals surface area contributed by atoms with Crippen molar-refractivity contribution in [2.75, 3.05) is 21.1 Å². The van der Waals surface area contributed by atoms with Crippen molar-refractivity contribution in [1.82, 2.24) is 14.2 Å². The Bertz CT molecular complexity index is 667. The Labute approximate surface area is 136 Å². The molecule has 6 nitrogen and oxygen atoms in total. The highest BCUT2D eigenvalue weighted by atomic mass is 32.2. The third kappa shape index (κ3) is 3.04. The minimum absolute atomic E-state index is 0.211. The van der Waals surface area contributed by atoms with Gasteiger partial charge in [-0.25, -0.2) is 13.4 Å². The molecule has 1 aromatic rings. The molecule has 1 amide bonds. The first kappa shape index (κ1) is 17.4. The van der Waals surface area contributed by atoms with E-state index in [1.165, 1.54) is 16.1 Å². The summed E-state index contributed by atoms with van der Waals surface area (Å²) in [6.07, 6.45) is 2.58. The first-order valence-electron chi connectivity index (χ1n) is 7.30. The Balaban J connectivity index is 2.32. The first-order chi connectivity index (χ1) is 10.2. The molecule has 0 fully saturated rings. The van der Waals surface area contributed by atoms with Gasteiger partial charge in [0, 0.05) is 26.0 Å². The van der Waals surface area contributed by atoms with Gasteiger partial charge in [-0.2, -0.15) is 4.31 Å². The van der Waals surface area contributed by atoms with Crippen molar-refractivity contribution < 1.29 is 13.2 Å². The molecule has 1 aliphatic carbocycles. The minimum atomic E-state index is -3.70. The normalized spacial score (nSPS) is 19.8. The number of fused-ring (bicyclic) bond motifs is 1. The van der Waals surface area contributed by atoms with Crippen LogP contribution in [-0.2, 0) is 21.2 Å². The van der Waals surface area contributed by atoms with Crippen LogP contribution in [0.15, 0.2) is 0 Å². The molecule has 0 bridgehead atoms. The van der Waals surface area contributed by atoms with Gasteiger partial charge in [0.15, 0.2) is 5.25 Å². The molecule has 1 aromatic heterocycles. The Morgan fingerprint density at radius 3 is 2.59 bits per heavy atom. The summed E-state index contributed by atoms with van der Waals surface area (Å²) in [6.45, 7) is 3.39. The maximum absolute atomic E-state index is 12.8. The predicted molar refractivity (Wildman–Crippen MR) is 87.4 cm³/mol. The zero-order valence-corrected chi connectivity index (χ0v) is 15.3. The maximum Gasteiger partial charge on any atom is 0.241 e. The number of carbonyl (C=O) groups excluding carboxylic acids is 1. The molecule has 2 atom stereocenters. The second-order valence-corrected chi connectivity index (χ2v) is 9.44. The molecule has 0 radical (unpaired) electrons. The number of aromatic nitrogens is 1. The largest absolute Gasteiger partial charge is 0.348 e. The fraction of sp³-hybridized carbons (Fsp3) is 0.714. The number of amides is 1. The van der Waals surface area contributed by atoms with Crippen LogP contribution in [0.4, 0.5) is 0 Å². The fourth-order valence-electron chi connectivity index (χ4n) is 2.78. The van der Waals surface area contributed by atoms with Crippen molar-refractivity contribution in [2.24, 2.45) is 0 Å². The average Bonchev–Trinajstić information content (AvgIpc) is 2.84.